The van der Waals surface area contributed by atoms with E-state index in [2.05, 4.69) is 22.3 Å². The van der Waals surface area contributed by atoms with Crippen LogP contribution < -0.4 is 5.56 Å². The van der Waals surface area contributed by atoms with E-state index in [0.29, 0.717) is 5.52 Å². The van der Waals surface area contributed by atoms with Crippen LogP contribution in [0.3, 0.4) is 0 Å². The third-order valence-electron chi connectivity index (χ3n) is 3.02. The molecule has 2 heterocycles. The fourth-order valence-electron chi connectivity index (χ4n) is 2.19. The second-order valence-electron chi connectivity index (χ2n) is 3.90. The minimum atomic E-state index is -0.146. The van der Waals surface area contributed by atoms with E-state index in [4.69, 9.17) is 0 Å². The van der Waals surface area contributed by atoms with Gasteiger partial charge in [-0.05, 0) is 18.4 Å². The molecule has 4 nitrogen and oxygen atoms in total. The molecular weight excluding hydrogens is 234 g/mol. The Morgan fingerprint density at radius 2 is 2.18 bits per heavy atom. The number of nitrogens with zero attached hydrogens (tertiary/aromatic N) is 2. The normalized spacial score (nSPS) is 11.4. The van der Waals surface area contributed by atoms with Crippen molar-refractivity contribution < 1.29 is 0 Å². The highest BCUT2D eigenvalue weighted by molar-refractivity contribution is 7.98. The van der Waals surface area contributed by atoms with Gasteiger partial charge in [0.2, 0.25) is 0 Å². The summed E-state index contributed by atoms with van der Waals surface area (Å²) >= 11 is 1.69. The molecule has 0 radical (unpaired) electrons. The summed E-state index contributed by atoms with van der Waals surface area (Å²) in [4.78, 5) is 13.0. The molecule has 0 amide bonds. The highest BCUT2D eigenvalue weighted by atomic mass is 32.2. The van der Waals surface area contributed by atoms with Gasteiger partial charge in [0, 0.05) is 22.7 Å². The number of hydrogen-bond donors (Lipinski definition) is 1. The number of aromatic nitrogens is 3. The molecule has 1 N–H and O–H groups in total. The average Bonchev–Trinajstić information content (AvgIpc) is 2.64. The average molecular weight is 245 g/mol. The highest BCUT2D eigenvalue weighted by Gasteiger charge is 2.11. The molecule has 5 heteroatoms. The Bertz CT molecular complexity index is 772. The summed E-state index contributed by atoms with van der Waals surface area (Å²) in [7, 11) is 1.91. The first-order chi connectivity index (χ1) is 8.22. The number of hydrogen-bond acceptors (Lipinski definition) is 3. The number of H-pyrrole nitrogens is 1. The Kier molecular flexibility index (Phi) is 2.22. The Morgan fingerprint density at radius 1 is 1.35 bits per heavy atom. The molecule has 0 bridgehead atoms. The highest BCUT2D eigenvalue weighted by Crippen LogP contribution is 2.28. The Hall–Kier alpha value is -1.75. The van der Waals surface area contributed by atoms with Gasteiger partial charge in [0.05, 0.1) is 11.7 Å². The molecule has 0 atom stereocenters. The third kappa shape index (κ3) is 1.39. The monoisotopic (exact) mass is 245 g/mol. The third-order valence-corrected chi connectivity index (χ3v) is 3.75. The van der Waals surface area contributed by atoms with Crippen molar-refractivity contribution in [2.75, 3.05) is 6.26 Å². The number of nitrogens with one attached hydrogen (secondary N) is 1. The van der Waals surface area contributed by atoms with Gasteiger partial charge in [-0.15, -0.1) is 11.8 Å². The van der Waals surface area contributed by atoms with Crippen LogP contribution in [-0.4, -0.2) is 21.0 Å². The molecule has 0 saturated carbocycles. The Labute approximate surface area is 102 Å². The lowest BCUT2D eigenvalue weighted by Gasteiger charge is -1.99. The van der Waals surface area contributed by atoms with Crippen LogP contribution in [0.2, 0.25) is 0 Å². The van der Waals surface area contributed by atoms with Crippen molar-refractivity contribution in [3.8, 4) is 0 Å². The molecule has 17 heavy (non-hydrogen) atoms. The topological polar surface area (TPSA) is 50.7 Å². The fourth-order valence-corrected chi connectivity index (χ4v) is 2.62. The van der Waals surface area contributed by atoms with Gasteiger partial charge in [-0.2, -0.15) is 5.10 Å². The van der Waals surface area contributed by atoms with Crippen LogP contribution in [-0.2, 0) is 7.05 Å². The Balaban J connectivity index is 2.58. The second-order valence-corrected chi connectivity index (χ2v) is 4.78. The molecule has 0 unspecified atom stereocenters. The van der Waals surface area contributed by atoms with Crippen molar-refractivity contribution in [3.05, 3.63) is 34.7 Å². The largest absolute Gasteiger partial charge is 0.339 e. The predicted molar refractivity (Wildman–Crippen MR) is 70.6 cm³/mol. The molecule has 0 aliphatic rings. The summed E-state index contributed by atoms with van der Waals surface area (Å²) in [5.41, 5.74) is 1.59. The minimum absolute atomic E-state index is 0.146. The fraction of sp³-hybridized carbons (Fsp3) is 0.167. The lowest BCUT2D eigenvalue weighted by atomic mass is 10.2. The van der Waals surface area contributed by atoms with Gasteiger partial charge in [-0.1, -0.05) is 6.07 Å². The maximum Gasteiger partial charge on any atom is 0.288 e. The maximum atomic E-state index is 11.8. The number of fused-ring (bicyclic) bond motifs is 3. The molecule has 3 rings (SSSR count). The van der Waals surface area contributed by atoms with E-state index in [1.165, 1.54) is 4.90 Å². The van der Waals surface area contributed by atoms with E-state index in [9.17, 15) is 4.79 Å². The summed E-state index contributed by atoms with van der Waals surface area (Å²) in [6.45, 7) is 0. The van der Waals surface area contributed by atoms with Crippen LogP contribution in [0, 0.1) is 0 Å². The van der Waals surface area contributed by atoms with Gasteiger partial charge < -0.3 is 4.57 Å². The van der Waals surface area contributed by atoms with Gasteiger partial charge in [0.15, 0.2) is 0 Å². The first kappa shape index (κ1) is 10.4. The summed E-state index contributed by atoms with van der Waals surface area (Å²) < 4.78 is 1.92. The van der Waals surface area contributed by atoms with Crippen molar-refractivity contribution >= 4 is 33.6 Å². The SMILES string of the molecule is CSc1ccc2c3cn[nH]c(=O)c3n(C)c2c1. The second kappa shape index (κ2) is 3.63. The first-order valence-electron chi connectivity index (χ1n) is 5.22. The lowest BCUT2D eigenvalue weighted by Crippen LogP contribution is -2.10. The Morgan fingerprint density at radius 3 is 2.94 bits per heavy atom. The quantitative estimate of drug-likeness (QED) is 0.668. The molecular formula is C12H11N3OS. The zero-order valence-electron chi connectivity index (χ0n) is 9.52. The molecule has 0 spiro atoms. The van der Waals surface area contributed by atoms with Gasteiger partial charge in [0.1, 0.15) is 5.52 Å². The molecule has 0 fully saturated rings. The van der Waals surface area contributed by atoms with Crippen molar-refractivity contribution in [2.45, 2.75) is 4.90 Å². The van der Waals surface area contributed by atoms with Crippen LogP contribution in [0.5, 0.6) is 0 Å². The zero-order valence-corrected chi connectivity index (χ0v) is 10.3. The number of aromatic amines is 1. The zero-order chi connectivity index (χ0) is 12.0. The van der Waals surface area contributed by atoms with Crippen molar-refractivity contribution in [1.29, 1.82) is 0 Å². The van der Waals surface area contributed by atoms with Gasteiger partial charge in [0.25, 0.3) is 5.56 Å². The predicted octanol–water partition coefficient (Wildman–Crippen LogP) is 2.14. The summed E-state index contributed by atoms with van der Waals surface area (Å²) in [6, 6.07) is 6.21. The maximum absolute atomic E-state index is 11.8. The van der Waals surface area contributed by atoms with E-state index in [1.807, 2.05) is 23.9 Å². The molecule has 0 aliphatic heterocycles. The number of rotatable bonds is 1. The van der Waals surface area contributed by atoms with Gasteiger partial charge in [-0.25, -0.2) is 5.10 Å². The van der Waals surface area contributed by atoms with E-state index in [-0.39, 0.29) is 5.56 Å². The van der Waals surface area contributed by atoms with E-state index in [1.54, 1.807) is 18.0 Å². The van der Waals surface area contributed by atoms with Crippen molar-refractivity contribution in [1.82, 2.24) is 14.8 Å². The molecule has 0 aliphatic carbocycles. The number of aryl methyl sites for hydroxylation is 1. The van der Waals surface area contributed by atoms with Gasteiger partial charge >= 0.3 is 0 Å². The summed E-state index contributed by atoms with van der Waals surface area (Å²) in [6.07, 6.45) is 3.75. The lowest BCUT2D eigenvalue weighted by molar-refractivity contribution is 0.957. The minimum Gasteiger partial charge on any atom is -0.339 e. The van der Waals surface area contributed by atoms with Crippen LogP contribution in [0.4, 0.5) is 0 Å². The smallest absolute Gasteiger partial charge is 0.288 e. The van der Waals surface area contributed by atoms with Crippen LogP contribution >= 0.6 is 11.8 Å². The van der Waals surface area contributed by atoms with Crippen LogP contribution in [0.25, 0.3) is 21.8 Å². The van der Waals surface area contributed by atoms with Crippen LogP contribution in [0.1, 0.15) is 0 Å². The molecule has 1 aromatic carbocycles. The standard InChI is InChI=1S/C12H11N3OS/c1-15-10-5-7(17-2)3-4-8(10)9-6-13-14-12(16)11(9)15/h3-6H,1-2H3,(H,14,16). The molecule has 0 saturated heterocycles. The van der Waals surface area contributed by atoms with E-state index < -0.39 is 0 Å². The summed E-state index contributed by atoms with van der Waals surface area (Å²) in [5, 5.41) is 8.31. The number of thioether (sulfide) groups is 1. The number of benzene rings is 1. The molecule has 3 aromatic rings. The summed E-state index contributed by atoms with van der Waals surface area (Å²) in [5.74, 6) is 0. The molecule has 86 valence electrons. The van der Waals surface area contributed by atoms with E-state index >= 15 is 0 Å². The molecule has 2 aromatic heterocycles. The van der Waals surface area contributed by atoms with E-state index in [0.717, 1.165) is 16.3 Å². The van der Waals surface area contributed by atoms with Crippen molar-refractivity contribution in [2.24, 2.45) is 7.05 Å². The van der Waals surface area contributed by atoms with Gasteiger partial charge in [-0.3, -0.25) is 4.79 Å². The first-order valence-corrected chi connectivity index (χ1v) is 6.44. The van der Waals surface area contributed by atoms with Crippen LogP contribution in [0.15, 0.2) is 34.1 Å². The van der Waals surface area contributed by atoms with Crippen molar-refractivity contribution in [3.63, 3.8) is 0 Å².